The molecule has 1 aliphatic rings. The first-order valence-corrected chi connectivity index (χ1v) is 10.4. The largest absolute Gasteiger partial charge is 0.329 e. The van der Waals surface area contributed by atoms with Crippen LogP contribution in [0.25, 0.3) is 11.0 Å². The van der Waals surface area contributed by atoms with Gasteiger partial charge < -0.3 is 10.2 Å². The summed E-state index contributed by atoms with van der Waals surface area (Å²) in [7, 11) is 0. The maximum atomic E-state index is 13.7. The number of amides is 1. The lowest BCUT2D eigenvalue weighted by Gasteiger charge is -2.37. The van der Waals surface area contributed by atoms with E-state index < -0.39 is 0 Å². The predicted molar refractivity (Wildman–Crippen MR) is 115 cm³/mol. The van der Waals surface area contributed by atoms with E-state index in [4.69, 9.17) is 0 Å². The summed E-state index contributed by atoms with van der Waals surface area (Å²) in [5, 5.41) is 8.76. The van der Waals surface area contributed by atoms with E-state index in [0.717, 1.165) is 36.2 Å². The van der Waals surface area contributed by atoms with Crippen LogP contribution in [0.1, 0.15) is 60.0 Å². The quantitative estimate of drug-likeness (QED) is 0.737. The molecule has 152 valence electrons. The molecular formula is C23H29N5O. The Morgan fingerprint density at radius 3 is 2.72 bits per heavy atom. The highest BCUT2D eigenvalue weighted by molar-refractivity contribution is 6.05. The number of aryl methyl sites for hydroxylation is 2. The predicted octanol–water partition coefficient (Wildman–Crippen LogP) is 3.67. The molecule has 3 heterocycles. The van der Waals surface area contributed by atoms with E-state index in [1.807, 2.05) is 22.6 Å². The summed E-state index contributed by atoms with van der Waals surface area (Å²) in [5.74, 6) is 0.0508. The minimum Gasteiger partial charge on any atom is -0.329 e. The van der Waals surface area contributed by atoms with Crippen LogP contribution in [0, 0.1) is 6.92 Å². The summed E-state index contributed by atoms with van der Waals surface area (Å²) in [6.07, 6.45) is 2.79. The Kier molecular flexibility index (Phi) is 5.37. The van der Waals surface area contributed by atoms with E-state index in [2.05, 4.69) is 60.4 Å². The van der Waals surface area contributed by atoms with E-state index in [1.54, 1.807) is 6.20 Å². The van der Waals surface area contributed by atoms with Gasteiger partial charge in [0.05, 0.1) is 23.2 Å². The lowest BCUT2D eigenvalue weighted by molar-refractivity contribution is 0.0636. The van der Waals surface area contributed by atoms with Gasteiger partial charge in [0.25, 0.3) is 5.91 Å². The Labute approximate surface area is 171 Å². The molecule has 0 radical (unpaired) electrons. The number of hydrogen-bond donors (Lipinski definition) is 1. The molecule has 1 unspecified atom stereocenters. The normalized spacial score (nSPS) is 17.3. The average Bonchev–Trinajstić information content (AvgIpc) is 3.16. The number of carbonyl (C=O) groups is 1. The molecule has 1 N–H and O–H groups in total. The van der Waals surface area contributed by atoms with Gasteiger partial charge in [-0.3, -0.25) is 4.79 Å². The van der Waals surface area contributed by atoms with Gasteiger partial charge >= 0.3 is 0 Å². The Balaban J connectivity index is 1.73. The van der Waals surface area contributed by atoms with E-state index in [1.165, 1.54) is 11.1 Å². The van der Waals surface area contributed by atoms with Crippen molar-refractivity contribution in [3.8, 4) is 0 Å². The number of piperazine rings is 1. The molecule has 2 aromatic heterocycles. The van der Waals surface area contributed by atoms with Crippen molar-refractivity contribution in [1.82, 2.24) is 25.0 Å². The van der Waals surface area contributed by atoms with Crippen molar-refractivity contribution in [3.63, 3.8) is 0 Å². The third-order valence-corrected chi connectivity index (χ3v) is 5.69. The molecule has 0 saturated carbocycles. The maximum absolute atomic E-state index is 13.7. The molecule has 29 heavy (non-hydrogen) atoms. The standard InChI is InChI=1S/C23H29N5O/c1-5-17-6-8-18(9-7-17)21-14-24-10-11-27(21)23(29)19-12-16(4)26-22-20(19)13-25-28(22)15(2)3/h6-9,12-13,15,21,24H,5,10-11,14H2,1-4H3. The molecule has 1 aromatic carbocycles. The average molecular weight is 392 g/mol. The second kappa shape index (κ2) is 7.95. The molecule has 6 heteroatoms. The van der Waals surface area contributed by atoms with Gasteiger partial charge in [-0.15, -0.1) is 0 Å². The van der Waals surface area contributed by atoms with Crippen molar-refractivity contribution in [3.05, 3.63) is 58.9 Å². The molecule has 0 spiro atoms. The fraction of sp³-hybridized carbons (Fsp3) is 0.435. The van der Waals surface area contributed by atoms with Crippen LogP contribution in [0.3, 0.4) is 0 Å². The zero-order chi connectivity index (χ0) is 20.5. The summed E-state index contributed by atoms with van der Waals surface area (Å²) < 4.78 is 1.89. The Morgan fingerprint density at radius 2 is 2.03 bits per heavy atom. The van der Waals surface area contributed by atoms with E-state index in [9.17, 15) is 4.79 Å². The van der Waals surface area contributed by atoms with Crippen molar-refractivity contribution >= 4 is 16.9 Å². The zero-order valence-electron chi connectivity index (χ0n) is 17.6. The smallest absolute Gasteiger partial charge is 0.255 e. The number of nitrogens with one attached hydrogen (secondary N) is 1. The SMILES string of the molecule is CCc1ccc(C2CNCCN2C(=O)c2cc(C)nc3c2cnn3C(C)C)cc1. The number of carbonyl (C=O) groups excluding carboxylic acids is 1. The highest BCUT2D eigenvalue weighted by Crippen LogP contribution is 2.28. The van der Waals surface area contributed by atoms with Crippen LogP contribution in [-0.4, -0.2) is 45.2 Å². The Bertz CT molecular complexity index is 1020. The van der Waals surface area contributed by atoms with E-state index in [-0.39, 0.29) is 18.0 Å². The summed E-state index contributed by atoms with van der Waals surface area (Å²) in [5.41, 5.74) is 4.78. The van der Waals surface area contributed by atoms with Crippen molar-refractivity contribution in [2.75, 3.05) is 19.6 Å². The summed E-state index contributed by atoms with van der Waals surface area (Å²) >= 11 is 0. The molecule has 0 aliphatic carbocycles. The molecule has 0 bridgehead atoms. The molecule has 1 amide bonds. The molecular weight excluding hydrogens is 362 g/mol. The van der Waals surface area contributed by atoms with Crippen molar-refractivity contribution in [2.24, 2.45) is 0 Å². The number of fused-ring (bicyclic) bond motifs is 1. The third kappa shape index (κ3) is 3.65. The number of rotatable bonds is 4. The second-order valence-electron chi connectivity index (χ2n) is 8.04. The van der Waals surface area contributed by atoms with Crippen molar-refractivity contribution in [2.45, 2.75) is 46.2 Å². The minimum atomic E-state index is 0.0193. The van der Waals surface area contributed by atoms with Gasteiger partial charge in [0.2, 0.25) is 0 Å². The van der Waals surface area contributed by atoms with E-state index in [0.29, 0.717) is 12.1 Å². The number of nitrogens with zero attached hydrogens (tertiary/aromatic N) is 4. The summed E-state index contributed by atoms with van der Waals surface area (Å²) in [6.45, 7) is 10.5. The molecule has 6 nitrogen and oxygen atoms in total. The highest BCUT2D eigenvalue weighted by Gasteiger charge is 2.30. The lowest BCUT2D eigenvalue weighted by Crippen LogP contribution is -2.48. The van der Waals surface area contributed by atoms with Crippen molar-refractivity contribution in [1.29, 1.82) is 0 Å². The van der Waals surface area contributed by atoms with Crippen LogP contribution in [-0.2, 0) is 6.42 Å². The lowest BCUT2D eigenvalue weighted by atomic mass is 9.99. The van der Waals surface area contributed by atoms with Gasteiger partial charge in [-0.25, -0.2) is 9.67 Å². The molecule has 1 aliphatic heterocycles. The first kappa shape index (κ1) is 19.6. The van der Waals surface area contributed by atoms with Crippen LogP contribution in [0.2, 0.25) is 0 Å². The maximum Gasteiger partial charge on any atom is 0.255 e. The third-order valence-electron chi connectivity index (χ3n) is 5.69. The van der Waals surface area contributed by atoms with E-state index >= 15 is 0 Å². The van der Waals surface area contributed by atoms with Gasteiger partial charge in [0, 0.05) is 31.4 Å². The Morgan fingerprint density at radius 1 is 1.28 bits per heavy atom. The molecule has 1 saturated heterocycles. The molecule has 1 atom stereocenters. The monoisotopic (exact) mass is 391 g/mol. The van der Waals surface area contributed by atoms with Crippen LogP contribution >= 0.6 is 0 Å². The number of hydrogen-bond acceptors (Lipinski definition) is 4. The Hall–Kier alpha value is -2.73. The first-order valence-electron chi connectivity index (χ1n) is 10.4. The fourth-order valence-electron chi connectivity index (χ4n) is 4.07. The van der Waals surface area contributed by atoms with Gasteiger partial charge in [-0.05, 0) is 44.4 Å². The minimum absolute atomic E-state index is 0.0193. The fourth-order valence-corrected chi connectivity index (χ4v) is 4.07. The zero-order valence-corrected chi connectivity index (χ0v) is 17.6. The van der Waals surface area contributed by atoms with Crippen LogP contribution in [0.5, 0.6) is 0 Å². The van der Waals surface area contributed by atoms with Gasteiger partial charge in [0.15, 0.2) is 5.65 Å². The first-order chi connectivity index (χ1) is 14.0. The number of pyridine rings is 1. The van der Waals surface area contributed by atoms with Crippen LogP contribution in [0.4, 0.5) is 0 Å². The summed E-state index contributed by atoms with van der Waals surface area (Å²) in [6, 6.07) is 10.7. The summed E-state index contributed by atoms with van der Waals surface area (Å²) in [4.78, 5) is 20.3. The number of benzene rings is 1. The van der Waals surface area contributed by atoms with Crippen molar-refractivity contribution < 1.29 is 4.79 Å². The molecule has 1 fully saturated rings. The molecule has 4 rings (SSSR count). The van der Waals surface area contributed by atoms with Crippen LogP contribution in [0.15, 0.2) is 36.5 Å². The molecule has 3 aromatic rings. The number of aromatic nitrogens is 3. The van der Waals surface area contributed by atoms with Gasteiger partial charge in [-0.1, -0.05) is 31.2 Å². The van der Waals surface area contributed by atoms with Gasteiger partial charge in [-0.2, -0.15) is 5.10 Å². The van der Waals surface area contributed by atoms with Gasteiger partial charge in [0.1, 0.15) is 0 Å². The van der Waals surface area contributed by atoms with Crippen LogP contribution < -0.4 is 5.32 Å². The topological polar surface area (TPSA) is 63.1 Å². The second-order valence-corrected chi connectivity index (χ2v) is 8.04. The highest BCUT2D eigenvalue weighted by atomic mass is 16.2.